The molecule has 0 aliphatic heterocycles. The zero-order chi connectivity index (χ0) is 23.1. The van der Waals surface area contributed by atoms with Gasteiger partial charge in [0.1, 0.15) is 11.5 Å². The molecule has 3 aromatic rings. The summed E-state index contributed by atoms with van der Waals surface area (Å²) in [4.78, 5) is 12.5. The summed E-state index contributed by atoms with van der Waals surface area (Å²) in [7, 11) is -2.40. The lowest BCUT2D eigenvalue weighted by Gasteiger charge is -2.23. The maximum absolute atomic E-state index is 13.3. The fraction of sp³-hybridized carbons (Fsp3) is 0.208. The molecule has 3 rings (SSSR count). The smallest absolute Gasteiger partial charge is 0.264 e. The van der Waals surface area contributed by atoms with E-state index in [1.165, 1.54) is 29.6 Å². The number of rotatable bonds is 9. The number of carbonyl (C=O) groups is 1. The van der Waals surface area contributed by atoms with Crippen molar-refractivity contribution in [2.75, 3.05) is 29.9 Å². The number of anilines is 2. The molecule has 0 atom stereocenters. The number of methoxy groups -OCH3 is 1. The van der Waals surface area contributed by atoms with Crippen molar-refractivity contribution >= 4 is 27.3 Å². The number of hydrogen-bond donors (Lipinski definition) is 1. The molecule has 0 unspecified atom stereocenters. The highest BCUT2D eigenvalue weighted by atomic mass is 32.2. The Hall–Kier alpha value is -3.52. The lowest BCUT2D eigenvalue weighted by molar-refractivity contribution is -0.118. The van der Waals surface area contributed by atoms with Crippen LogP contribution in [-0.2, 0) is 14.8 Å². The van der Waals surface area contributed by atoms with Crippen molar-refractivity contribution < 1.29 is 22.7 Å². The molecule has 32 heavy (non-hydrogen) atoms. The number of amides is 1. The number of ether oxygens (including phenoxy) is 2. The van der Waals surface area contributed by atoms with Crippen molar-refractivity contribution in [2.24, 2.45) is 0 Å². The van der Waals surface area contributed by atoms with E-state index < -0.39 is 15.9 Å². The summed E-state index contributed by atoms with van der Waals surface area (Å²) in [5, 5.41) is 2.68. The van der Waals surface area contributed by atoms with Gasteiger partial charge in [-0.3, -0.25) is 9.10 Å². The van der Waals surface area contributed by atoms with E-state index in [2.05, 4.69) is 5.32 Å². The SMILES string of the molecule is CCN(c1ccccc1)S(=O)(=O)c1ccc(OC)c(NC(=O)COc2ccc(C)cc2)c1. The zero-order valence-corrected chi connectivity index (χ0v) is 19.1. The number of carbonyl (C=O) groups excluding carboxylic acids is 1. The number of sulfonamides is 1. The molecule has 0 saturated heterocycles. The van der Waals surface area contributed by atoms with Crippen molar-refractivity contribution in [1.82, 2.24) is 0 Å². The van der Waals surface area contributed by atoms with E-state index in [9.17, 15) is 13.2 Å². The largest absolute Gasteiger partial charge is 0.495 e. The second kappa shape index (κ2) is 10.2. The Labute approximate surface area is 188 Å². The molecule has 3 aromatic carbocycles. The number of para-hydroxylation sites is 1. The fourth-order valence-corrected chi connectivity index (χ4v) is 4.63. The van der Waals surface area contributed by atoms with Gasteiger partial charge in [0.25, 0.3) is 15.9 Å². The molecular formula is C24H26N2O5S. The van der Waals surface area contributed by atoms with Crippen LogP contribution in [0.25, 0.3) is 0 Å². The minimum atomic E-state index is -3.85. The Morgan fingerprint density at radius 3 is 2.31 bits per heavy atom. The van der Waals surface area contributed by atoms with E-state index >= 15 is 0 Å². The van der Waals surface area contributed by atoms with Crippen LogP contribution >= 0.6 is 0 Å². The van der Waals surface area contributed by atoms with Gasteiger partial charge >= 0.3 is 0 Å². The van der Waals surface area contributed by atoms with Gasteiger partial charge in [0.15, 0.2) is 6.61 Å². The highest BCUT2D eigenvalue weighted by Crippen LogP contribution is 2.30. The minimum Gasteiger partial charge on any atom is -0.495 e. The van der Waals surface area contributed by atoms with Crippen LogP contribution in [0.5, 0.6) is 11.5 Å². The van der Waals surface area contributed by atoms with Crippen molar-refractivity contribution in [3.63, 3.8) is 0 Å². The van der Waals surface area contributed by atoms with Crippen LogP contribution in [0.3, 0.4) is 0 Å². The predicted octanol–water partition coefficient (Wildman–Crippen LogP) is 4.24. The van der Waals surface area contributed by atoms with Crippen LogP contribution in [0.1, 0.15) is 12.5 Å². The van der Waals surface area contributed by atoms with Crippen LogP contribution in [0.15, 0.2) is 77.7 Å². The van der Waals surface area contributed by atoms with Gasteiger partial charge in [-0.1, -0.05) is 35.9 Å². The predicted molar refractivity (Wildman–Crippen MR) is 125 cm³/mol. The van der Waals surface area contributed by atoms with Gasteiger partial charge in [0.2, 0.25) is 0 Å². The monoisotopic (exact) mass is 454 g/mol. The first-order valence-electron chi connectivity index (χ1n) is 10.1. The normalized spacial score (nSPS) is 11.0. The molecular weight excluding hydrogens is 428 g/mol. The van der Waals surface area contributed by atoms with Gasteiger partial charge in [-0.15, -0.1) is 0 Å². The standard InChI is InChI=1S/C24H26N2O5S/c1-4-26(19-8-6-5-7-9-19)32(28,29)21-14-15-23(30-3)22(16-21)25-24(27)17-31-20-12-10-18(2)11-13-20/h5-16H,4,17H2,1-3H3,(H,25,27). The molecule has 1 N–H and O–H groups in total. The number of hydrogen-bond acceptors (Lipinski definition) is 5. The molecule has 8 heteroatoms. The quantitative estimate of drug-likeness (QED) is 0.523. The zero-order valence-electron chi connectivity index (χ0n) is 18.2. The summed E-state index contributed by atoms with van der Waals surface area (Å²) in [6.07, 6.45) is 0. The summed E-state index contributed by atoms with van der Waals surface area (Å²) in [5.74, 6) is 0.472. The molecule has 0 aliphatic carbocycles. The number of nitrogens with one attached hydrogen (secondary N) is 1. The summed E-state index contributed by atoms with van der Waals surface area (Å²) < 4.78 is 38.7. The minimum absolute atomic E-state index is 0.0405. The first-order chi connectivity index (χ1) is 15.3. The van der Waals surface area contributed by atoms with Crippen LogP contribution in [0.4, 0.5) is 11.4 Å². The van der Waals surface area contributed by atoms with Crippen molar-refractivity contribution in [3.8, 4) is 11.5 Å². The van der Waals surface area contributed by atoms with Crippen LogP contribution in [0, 0.1) is 6.92 Å². The van der Waals surface area contributed by atoms with Crippen molar-refractivity contribution in [1.29, 1.82) is 0 Å². The number of aryl methyl sites for hydroxylation is 1. The lowest BCUT2D eigenvalue weighted by atomic mass is 10.2. The first kappa shape index (κ1) is 23.1. The highest BCUT2D eigenvalue weighted by molar-refractivity contribution is 7.92. The summed E-state index contributed by atoms with van der Waals surface area (Å²) >= 11 is 0. The second-order valence-corrected chi connectivity index (χ2v) is 8.88. The first-order valence-corrected chi connectivity index (χ1v) is 11.5. The van der Waals surface area contributed by atoms with Gasteiger partial charge < -0.3 is 14.8 Å². The van der Waals surface area contributed by atoms with E-state index in [0.717, 1.165) is 5.56 Å². The fourth-order valence-electron chi connectivity index (χ4n) is 3.13. The third-order valence-electron chi connectivity index (χ3n) is 4.76. The molecule has 0 aromatic heterocycles. The maximum atomic E-state index is 13.3. The molecule has 168 valence electrons. The van der Waals surface area contributed by atoms with Gasteiger partial charge in [-0.25, -0.2) is 8.42 Å². The van der Waals surface area contributed by atoms with E-state index in [4.69, 9.17) is 9.47 Å². The van der Waals surface area contributed by atoms with E-state index in [1.54, 1.807) is 43.3 Å². The molecule has 0 fully saturated rings. The average Bonchev–Trinajstić information content (AvgIpc) is 2.79. The van der Waals surface area contributed by atoms with Crippen molar-refractivity contribution in [3.05, 3.63) is 78.4 Å². The molecule has 0 spiro atoms. The molecule has 0 bridgehead atoms. The Balaban J connectivity index is 1.81. The summed E-state index contributed by atoms with van der Waals surface area (Å²) in [6, 6.07) is 20.5. The highest BCUT2D eigenvalue weighted by Gasteiger charge is 2.25. The second-order valence-electron chi connectivity index (χ2n) is 7.02. The lowest BCUT2D eigenvalue weighted by Crippen LogP contribution is -2.30. The molecule has 0 aliphatic rings. The Morgan fingerprint density at radius 2 is 1.69 bits per heavy atom. The van der Waals surface area contributed by atoms with Crippen LogP contribution in [0.2, 0.25) is 0 Å². The Kier molecular flexibility index (Phi) is 7.37. The van der Waals surface area contributed by atoms with Gasteiger partial charge in [0.05, 0.1) is 23.4 Å². The van der Waals surface area contributed by atoms with Gasteiger partial charge in [0, 0.05) is 6.54 Å². The maximum Gasteiger partial charge on any atom is 0.264 e. The third kappa shape index (κ3) is 5.39. The van der Waals surface area contributed by atoms with Gasteiger partial charge in [-0.05, 0) is 56.3 Å². The Morgan fingerprint density at radius 1 is 1.00 bits per heavy atom. The molecule has 0 heterocycles. The molecule has 1 amide bonds. The summed E-state index contributed by atoms with van der Waals surface area (Å²) in [5.41, 5.74) is 1.89. The summed E-state index contributed by atoms with van der Waals surface area (Å²) in [6.45, 7) is 3.75. The van der Waals surface area contributed by atoms with Gasteiger partial charge in [-0.2, -0.15) is 0 Å². The van der Waals surface area contributed by atoms with Crippen molar-refractivity contribution in [2.45, 2.75) is 18.7 Å². The van der Waals surface area contributed by atoms with E-state index in [0.29, 0.717) is 17.2 Å². The van der Waals surface area contributed by atoms with Crippen LogP contribution < -0.4 is 19.1 Å². The molecule has 0 radical (unpaired) electrons. The number of nitrogens with zero attached hydrogens (tertiary/aromatic N) is 1. The molecule has 7 nitrogen and oxygen atoms in total. The van der Waals surface area contributed by atoms with E-state index in [-0.39, 0.29) is 23.7 Å². The number of benzene rings is 3. The average molecular weight is 455 g/mol. The van der Waals surface area contributed by atoms with Crippen LogP contribution in [-0.4, -0.2) is 34.6 Å². The third-order valence-corrected chi connectivity index (χ3v) is 6.65. The van der Waals surface area contributed by atoms with E-state index in [1.807, 2.05) is 25.1 Å². The Bertz CT molecular complexity index is 1160. The topological polar surface area (TPSA) is 84.9 Å². The molecule has 0 saturated carbocycles.